The Hall–Kier alpha value is -2.04. The van der Waals surface area contributed by atoms with Crippen LogP contribution in [-0.4, -0.2) is 29.6 Å². The molecule has 0 saturated heterocycles. The van der Waals surface area contributed by atoms with Gasteiger partial charge in [0.05, 0.1) is 6.61 Å². The number of hydrogen-bond acceptors (Lipinski definition) is 3. The van der Waals surface area contributed by atoms with Gasteiger partial charge < -0.3 is 15.2 Å². The predicted octanol–water partition coefficient (Wildman–Crippen LogP) is 2.10. The summed E-state index contributed by atoms with van der Waals surface area (Å²) >= 11 is 0. The highest BCUT2D eigenvalue weighted by Crippen LogP contribution is 2.60. The van der Waals surface area contributed by atoms with Crippen molar-refractivity contribution >= 4 is 11.9 Å². The van der Waals surface area contributed by atoms with E-state index >= 15 is 0 Å². The molecule has 3 atom stereocenters. The summed E-state index contributed by atoms with van der Waals surface area (Å²) < 4.78 is 5.66. The third kappa shape index (κ3) is 2.45. The van der Waals surface area contributed by atoms with Gasteiger partial charge in [-0.05, 0) is 25.3 Å². The molecule has 1 saturated carbocycles. The van der Waals surface area contributed by atoms with E-state index in [2.05, 4.69) is 5.32 Å². The Labute approximate surface area is 129 Å². The van der Waals surface area contributed by atoms with Crippen molar-refractivity contribution in [2.75, 3.05) is 6.61 Å². The number of fused-ring (bicyclic) bond motifs is 2. The summed E-state index contributed by atoms with van der Waals surface area (Å²) in [6.45, 7) is 2.52. The molecule has 1 aliphatic heterocycles. The highest BCUT2D eigenvalue weighted by atomic mass is 16.5. The Morgan fingerprint density at radius 3 is 2.95 bits per heavy atom. The molecular formula is C17H21NO4. The Morgan fingerprint density at radius 2 is 2.23 bits per heavy atom. The molecule has 5 heteroatoms. The number of rotatable bonds is 5. The van der Waals surface area contributed by atoms with Gasteiger partial charge in [-0.3, -0.25) is 4.79 Å². The van der Waals surface area contributed by atoms with Gasteiger partial charge >= 0.3 is 5.97 Å². The molecule has 1 aromatic carbocycles. The number of benzene rings is 1. The third-order valence-corrected chi connectivity index (χ3v) is 4.81. The maximum Gasteiger partial charge on any atom is 0.326 e. The van der Waals surface area contributed by atoms with Gasteiger partial charge in [-0.2, -0.15) is 0 Å². The first-order valence-corrected chi connectivity index (χ1v) is 7.84. The van der Waals surface area contributed by atoms with Crippen molar-refractivity contribution < 1.29 is 19.4 Å². The largest absolute Gasteiger partial charge is 0.493 e. The molecule has 5 nitrogen and oxygen atoms in total. The summed E-state index contributed by atoms with van der Waals surface area (Å²) in [5.74, 6) is -0.390. The van der Waals surface area contributed by atoms with E-state index < -0.39 is 12.0 Å². The van der Waals surface area contributed by atoms with Crippen molar-refractivity contribution in [2.45, 2.75) is 44.1 Å². The quantitative estimate of drug-likeness (QED) is 0.873. The minimum atomic E-state index is -0.961. The summed E-state index contributed by atoms with van der Waals surface area (Å²) in [7, 11) is 0. The van der Waals surface area contributed by atoms with Gasteiger partial charge in [-0.15, -0.1) is 0 Å². The van der Waals surface area contributed by atoms with Crippen molar-refractivity contribution in [1.29, 1.82) is 0 Å². The molecule has 1 spiro atoms. The first-order valence-electron chi connectivity index (χ1n) is 7.84. The summed E-state index contributed by atoms with van der Waals surface area (Å²) in [4.78, 5) is 23.7. The number of carboxylic acid groups (broad SMARTS) is 1. The number of para-hydroxylation sites is 1. The first kappa shape index (κ1) is 14.9. The minimum absolute atomic E-state index is 0.141. The second-order valence-electron chi connectivity index (χ2n) is 6.20. The van der Waals surface area contributed by atoms with Gasteiger partial charge in [0.25, 0.3) is 0 Å². The van der Waals surface area contributed by atoms with Crippen LogP contribution in [0.15, 0.2) is 24.3 Å². The van der Waals surface area contributed by atoms with Crippen LogP contribution in [0.5, 0.6) is 5.75 Å². The SMILES string of the molecule is CCCC(NC(=O)C1CC12CCOc1ccccc12)C(=O)O. The van der Waals surface area contributed by atoms with Crippen LogP contribution in [-0.2, 0) is 15.0 Å². The van der Waals surface area contributed by atoms with Gasteiger partial charge in [-0.1, -0.05) is 31.5 Å². The zero-order chi connectivity index (χ0) is 15.7. The lowest BCUT2D eigenvalue weighted by atomic mass is 9.87. The van der Waals surface area contributed by atoms with Crippen molar-refractivity contribution in [2.24, 2.45) is 5.92 Å². The van der Waals surface area contributed by atoms with Crippen LogP contribution in [0.1, 0.15) is 38.2 Å². The lowest BCUT2D eigenvalue weighted by Gasteiger charge is -2.27. The van der Waals surface area contributed by atoms with E-state index in [9.17, 15) is 14.7 Å². The standard InChI is InChI=1S/C17H21NO4/c1-2-5-13(16(20)21)18-15(19)12-10-17(12)8-9-22-14-7-4-3-6-11(14)17/h3-4,6-7,12-13H,2,5,8-10H2,1H3,(H,18,19)(H,20,21). The topological polar surface area (TPSA) is 75.6 Å². The molecule has 2 aliphatic rings. The van der Waals surface area contributed by atoms with Crippen LogP contribution in [0.25, 0.3) is 0 Å². The molecule has 2 N–H and O–H groups in total. The second-order valence-corrected chi connectivity index (χ2v) is 6.20. The number of carbonyl (C=O) groups excluding carboxylic acids is 1. The van der Waals surface area contributed by atoms with Gasteiger partial charge in [-0.25, -0.2) is 4.79 Å². The summed E-state index contributed by atoms with van der Waals surface area (Å²) in [6.07, 6.45) is 2.77. The molecular weight excluding hydrogens is 282 g/mol. The van der Waals surface area contributed by atoms with Gasteiger partial charge in [0.2, 0.25) is 5.91 Å². The van der Waals surface area contributed by atoms with E-state index in [4.69, 9.17) is 4.74 Å². The lowest BCUT2D eigenvalue weighted by molar-refractivity contribution is -0.142. The third-order valence-electron chi connectivity index (χ3n) is 4.81. The number of amides is 1. The van der Waals surface area contributed by atoms with E-state index in [1.165, 1.54) is 0 Å². The molecule has 22 heavy (non-hydrogen) atoms. The molecule has 3 rings (SSSR count). The van der Waals surface area contributed by atoms with Gasteiger partial charge in [0, 0.05) is 16.9 Å². The Morgan fingerprint density at radius 1 is 1.45 bits per heavy atom. The van der Waals surface area contributed by atoms with Crippen LogP contribution in [0.3, 0.4) is 0 Å². The Kier molecular flexibility index (Phi) is 3.81. The molecule has 1 aliphatic carbocycles. The van der Waals surface area contributed by atoms with Crippen molar-refractivity contribution in [3.8, 4) is 5.75 Å². The zero-order valence-electron chi connectivity index (χ0n) is 12.7. The number of ether oxygens (including phenoxy) is 1. The van der Waals surface area contributed by atoms with Crippen molar-refractivity contribution in [3.05, 3.63) is 29.8 Å². The smallest absolute Gasteiger partial charge is 0.326 e. The molecule has 0 radical (unpaired) electrons. The van der Waals surface area contributed by atoms with Crippen LogP contribution in [0, 0.1) is 5.92 Å². The van der Waals surface area contributed by atoms with Crippen LogP contribution < -0.4 is 10.1 Å². The number of nitrogens with one attached hydrogen (secondary N) is 1. The molecule has 118 valence electrons. The van der Waals surface area contributed by atoms with Crippen molar-refractivity contribution in [3.63, 3.8) is 0 Å². The molecule has 1 fully saturated rings. The molecule has 3 unspecified atom stereocenters. The first-order chi connectivity index (χ1) is 10.6. The predicted molar refractivity (Wildman–Crippen MR) is 80.8 cm³/mol. The number of aliphatic carboxylic acids is 1. The summed E-state index contributed by atoms with van der Waals surface area (Å²) in [5.41, 5.74) is 0.928. The van der Waals surface area contributed by atoms with E-state index in [0.717, 1.165) is 30.6 Å². The normalized spacial score (nSPS) is 26.7. The summed E-state index contributed by atoms with van der Waals surface area (Å²) in [6, 6.07) is 7.05. The average Bonchev–Trinajstić information content (AvgIpc) is 3.22. The van der Waals surface area contributed by atoms with Crippen molar-refractivity contribution in [1.82, 2.24) is 5.32 Å². The maximum absolute atomic E-state index is 12.5. The van der Waals surface area contributed by atoms with Crippen LogP contribution in [0.2, 0.25) is 0 Å². The lowest BCUT2D eigenvalue weighted by Crippen LogP contribution is -2.42. The zero-order valence-corrected chi connectivity index (χ0v) is 12.7. The average molecular weight is 303 g/mol. The fourth-order valence-corrected chi connectivity index (χ4v) is 3.52. The minimum Gasteiger partial charge on any atom is -0.493 e. The number of carboxylic acids is 1. The number of carbonyl (C=O) groups is 2. The molecule has 1 amide bonds. The van der Waals surface area contributed by atoms with Crippen LogP contribution >= 0.6 is 0 Å². The van der Waals surface area contributed by atoms with Gasteiger partial charge in [0.15, 0.2) is 0 Å². The maximum atomic E-state index is 12.5. The van der Waals surface area contributed by atoms with Gasteiger partial charge in [0.1, 0.15) is 11.8 Å². The Balaban J connectivity index is 1.74. The fourth-order valence-electron chi connectivity index (χ4n) is 3.52. The second kappa shape index (κ2) is 5.63. The van der Waals surface area contributed by atoms with E-state index in [1.54, 1.807) is 0 Å². The van der Waals surface area contributed by atoms with E-state index in [-0.39, 0.29) is 17.2 Å². The highest BCUT2D eigenvalue weighted by molar-refractivity contribution is 5.88. The van der Waals surface area contributed by atoms with E-state index in [1.807, 2.05) is 31.2 Å². The van der Waals surface area contributed by atoms with E-state index in [0.29, 0.717) is 13.0 Å². The monoisotopic (exact) mass is 303 g/mol. The summed E-state index contributed by atoms with van der Waals surface area (Å²) in [5, 5.41) is 11.9. The number of hydrogen-bond donors (Lipinski definition) is 2. The molecule has 1 aromatic rings. The molecule has 0 aromatic heterocycles. The Bertz CT molecular complexity index is 600. The highest BCUT2D eigenvalue weighted by Gasteiger charge is 2.61. The molecule has 1 heterocycles. The van der Waals surface area contributed by atoms with Crippen LogP contribution in [0.4, 0.5) is 0 Å². The fraction of sp³-hybridized carbons (Fsp3) is 0.529. The molecule has 0 bridgehead atoms.